The maximum absolute atomic E-state index is 12.6. The van der Waals surface area contributed by atoms with Crippen molar-refractivity contribution in [3.05, 3.63) is 0 Å². The van der Waals surface area contributed by atoms with Gasteiger partial charge in [0.1, 0.15) is 0 Å². The number of amides is 2. The van der Waals surface area contributed by atoms with E-state index in [1.807, 2.05) is 4.90 Å². The monoisotopic (exact) mass is 320 g/mol. The van der Waals surface area contributed by atoms with Crippen molar-refractivity contribution in [3.8, 4) is 0 Å². The van der Waals surface area contributed by atoms with Crippen LogP contribution in [0.4, 0.5) is 0 Å². The molecule has 4 heteroatoms. The summed E-state index contributed by atoms with van der Waals surface area (Å²) in [6, 6.07) is 0. The zero-order valence-electron chi connectivity index (χ0n) is 14.5. The van der Waals surface area contributed by atoms with Gasteiger partial charge in [0.15, 0.2) is 0 Å². The Morgan fingerprint density at radius 2 is 1.65 bits per heavy atom. The van der Waals surface area contributed by atoms with Crippen LogP contribution in [-0.4, -0.2) is 47.8 Å². The smallest absolute Gasteiger partial charge is 0.224 e. The van der Waals surface area contributed by atoms with Gasteiger partial charge in [-0.1, -0.05) is 32.1 Å². The van der Waals surface area contributed by atoms with Gasteiger partial charge < -0.3 is 9.80 Å². The molecule has 3 fully saturated rings. The van der Waals surface area contributed by atoms with Gasteiger partial charge in [0.2, 0.25) is 11.8 Å². The first-order valence-electron chi connectivity index (χ1n) is 9.74. The molecule has 2 amide bonds. The van der Waals surface area contributed by atoms with Gasteiger partial charge in [-0.25, -0.2) is 0 Å². The van der Waals surface area contributed by atoms with Crippen LogP contribution in [0, 0.1) is 5.41 Å². The first kappa shape index (κ1) is 16.8. The van der Waals surface area contributed by atoms with E-state index in [1.54, 1.807) is 0 Å². The molecule has 1 saturated carbocycles. The Labute approximate surface area is 140 Å². The predicted octanol–water partition coefficient (Wildman–Crippen LogP) is 3.35. The van der Waals surface area contributed by atoms with Gasteiger partial charge in [-0.3, -0.25) is 9.59 Å². The minimum atomic E-state index is 0.247. The second kappa shape index (κ2) is 7.67. The van der Waals surface area contributed by atoms with Gasteiger partial charge in [-0.15, -0.1) is 0 Å². The normalized spacial score (nSPS) is 25.5. The minimum Gasteiger partial charge on any atom is -0.342 e. The van der Waals surface area contributed by atoms with Crippen molar-refractivity contribution in [1.82, 2.24) is 9.80 Å². The van der Waals surface area contributed by atoms with Gasteiger partial charge in [-0.05, 0) is 37.5 Å². The van der Waals surface area contributed by atoms with Gasteiger partial charge in [0.25, 0.3) is 0 Å². The van der Waals surface area contributed by atoms with Crippen molar-refractivity contribution < 1.29 is 9.59 Å². The van der Waals surface area contributed by atoms with E-state index in [0.29, 0.717) is 24.8 Å². The summed E-state index contributed by atoms with van der Waals surface area (Å²) in [5.74, 6) is 0.514. The van der Waals surface area contributed by atoms with Gasteiger partial charge >= 0.3 is 0 Å². The lowest BCUT2D eigenvalue weighted by atomic mass is 9.80. The largest absolute Gasteiger partial charge is 0.342 e. The predicted molar refractivity (Wildman–Crippen MR) is 91.0 cm³/mol. The van der Waals surface area contributed by atoms with Gasteiger partial charge in [0, 0.05) is 39.0 Å². The molecule has 2 saturated heterocycles. The van der Waals surface area contributed by atoms with Crippen LogP contribution in [0.3, 0.4) is 0 Å². The van der Waals surface area contributed by atoms with Crippen LogP contribution < -0.4 is 0 Å². The Morgan fingerprint density at radius 3 is 2.43 bits per heavy atom. The molecule has 2 aliphatic heterocycles. The molecule has 3 rings (SSSR count). The minimum absolute atomic E-state index is 0.247. The second-order valence-corrected chi connectivity index (χ2v) is 7.92. The van der Waals surface area contributed by atoms with Crippen molar-refractivity contribution in [1.29, 1.82) is 0 Å². The lowest BCUT2D eigenvalue weighted by Gasteiger charge is -2.28. The fourth-order valence-electron chi connectivity index (χ4n) is 4.70. The third-order valence-electron chi connectivity index (χ3n) is 6.22. The third kappa shape index (κ3) is 4.27. The average molecular weight is 320 g/mol. The molecule has 0 bridgehead atoms. The van der Waals surface area contributed by atoms with Gasteiger partial charge in [0.05, 0.1) is 0 Å². The molecule has 0 radical (unpaired) electrons. The summed E-state index contributed by atoms with van der Waals surface area (Å²) in [7, 11) is 0. The van der Waals surface area contributed by atoms with Crippen molar-refractivity contribution in [2.45, 2.75) is 77.0 Å². The van der Waals surface area contributed by atoms with Crippen LogP contribution in [0.5, 0.6) is 0 Å². The maximum Gasteiger partial charge on any atom is 0.224 e. The fraction of sp³-hybridized carbons (Fsp3) is 0.895. The summed E-state index contributed by atoms with van der Waals surface area (Å²) in [6.07, 6.45) is 13.6. The van der Waals surface area contributed by atoms with E-state index >= 15 is 0 Å². The van der Waals surface area contributed by atoms with E-state index in [9.17, 15) is 9.59 Å². The van der Waals surface area contributed by atoms with Crippen LogP contribution in [0.15, 0.2) is 0 Å². The molecule has 1 aliphatic carbocycles. The molecule has 1 spiro atoms. The van der Waals surface area contributed by atoms with Crippen LogP contribution in [0.2, 0.25) is 0 Å². The number of carbonyl (C=O) groups excluding carboxylic acids is 2. The summed E-state index contributed by atoms with van der Waals surface area (Å²) in [5, 5.41) is 0. The summed E-state index contributed by atoms with van der Waals surface area (Å²) >= 11 is 0. The molecule has 0 aromatic carbocycles. The Morgan fingerprint density at radius 1 is 0.913 bits per heavy atom. The van der Waals surface area contributed by atoms with Crippen molar-refractivity contribution in [3.63, 3.8) is 0 Å². The molecule has 130 valence electrons. The van der Waals surface area contributed by atoms with Crippen LogP contribution >= 0.6 is 0 Å². The van der Waals surface area contributed by atoms with Crippen LogP contribution in [-0.2, 0) is 9.59 Å². The Hall–Kier alpha value is -1.06. The van der Waals surface area contributed by atoms with Crippen LogP contribution in [0.1, 0.15) is 77.0 Å². The second-order valence-electron chi connectivity index (χ2n) is 7.92. The molecule has 0 atom stereocenters. The molecule has 0 aromatic rings. The molecule has 23 heavy (non-hydrogen) atoms. The Balaban J connectivity index is 1.48. The van der Waals surface area contributed by atoms with Crippen molar-refractivity contribution in [2.24, 2.45) is 5.41 Å². The number of rotatable bonds is 3. The maximum atomic E-state index is 12.6. The zero-order chi connectivity index (χ0) is 16.1. The highest BCUT2D eigenvalue weighted by Gasteiger charge is 2.39. The lowest BCUT2D eigenvalue weighted by molar-refractivity contribution is -0.133. The van der Waals surface area contributed by atoms with E-state index in [4.69, 9.17) is 0 Å². The molecular formula is C19H32N2O2. The number of likely N-dealkylation sites (tertiary alicyclic amines) is 2. The number of hydrogen-bond donors (Lipinski definition) is 0. The van der Waals surface area contributed by atoms with Crippen molar-refractivity contribution in [2.75, 3.05) is 26.2 Å². The van der Waals surface area contributed by atoms with E-state index in [1.165, 1.54) is 44.9 Å². The SMILES string of the molecule is O=C1CCCCCN1CCC(=O)N1CCC2(CCCCCC2)C1. The lowest BCUT2D eigenvalue weighted by Crippen LogP contribution is -2.37. The standard InChI is InChI=1S/C19H32N2O2/c22-17-8-4-3-7-13-20(17)14-9-18(23)21-15-12-19(16-21)10-5-1-2-6-11-19/h1-16H2. The third-order valence-corrected chi connectivity index (χ3v) is 6.22. The number of carbonyl (C=O) groups is 2. The summed E-state index contributed by atoms with van der Waals surface area (Å²) in [6.45, 7) is 3.38. The number of nitrogens with zero attached hydrogens (tertiary/aromatic N) is 2. The first-order chi connectivity index (χ1) is 11.2. The molecule has 2 heterocycles. The first-order valence-corrected chi connectivity index (χ1v) is 9.74. The fourth-order valence-corrected chi connectivity index (χ4v) is 4.70. The summed E-state index contributed by atoms with van der Waals surface area (Å²) in [5.41, 5.74) is 0.421. The molecule has 4 nitrogen and oxygen atoms in total. The van der Waals surface area contributed by atoms with Crippen LogP contribution in [0.25, 0.3) is 0 Å². The molecular weight excluding hydrogens is 288 g/mol. The topological polar surface area (TPSA) is 40.6 Å². The zero-order valence-corrected chi connectivity index (χ0v) is 14.5. The summed E-state index contributed by atoms with van der Waals surface area (Å²) < 4.78 is 0. The van der Waals surface area contributed by atoms with E-state index in [-0.39, 0.29) is 11.8 Å². The van der Waals surface area contributed by atoms with Crippen molar-refractivity contribution >= 4 is 11.8 Å². The van der Waals surface area contributed by atoms with E-state index < -0.39 is 0 Å². The Kier molecular flexibility index (Phi) is 5.60. The molecule has 3 aliphatic rings. The highest BCUT2D eigenvalue weighted by Crippen LogP contribution is 2.42. The Bertz CT molecular complexity index is 427. The quantitative estimate of drug-likeness (QED) is 0.800. The molecule has 0 N–H and O–H groups in total. The van der Waals surface area contributed by atoms with E-state index in [0.717, 1.165) is 38.9 Å². The highest BCUT2D eigenvalue weighted by molar-refractivity contribution is 5.79. The van der Waals surface area contributed by atoms with Gasteiger partial charge in [-0.2, -0.15) is 0 Å². The summed E-state index contributed by atoms with van der Waals surface area (Å²) in [4.78, 5) is 28.6. The molecule has 0 aromatic heterocycles. The number of hydrogen-bond acceptors (Lipinski definition) is 2. The average Bonchev–Trinajstić information content (AvgIpc) is 2.70. The van der Waals surface area contributed by atoms with E-state index in [2.05, 4.69) is 4.90 Å². The molecule has 0 unspecified atom stereocenters. The highest BCUT2D eigenvalue weighted by atomic mass is 16.2.